The molecule has 1 aliphatic carbocycles. The molecule has 0 aliphatic heterocycles. The Hall–Kier alpha value is -2.80. The number of nitrogens with zero attached hydrogens (tertiary/aromatic N) is 1. The van der Waals surface area contributed by atoms with Crippen molar-refractivity contribution < 1.29 is 18.7 Å². The topological polar surface area (TPSA) is 70.7 Å². The van der Waals surface area contributed by atoms with Crippen LogP contribution < -0.4 is 15.4 Å². The second kappa shape index (κ2) is 8.93. The average molecular weight is 406 g/mol. The number of carbonyl (C=O) groups excluding carboxylic acids is 2. The fraction of sp³-hybridized carbons (Fsp3) is 0.300. The molecule has 0 atom stereocenters. The number of rotatable bonds is 7. The van der Waals surface area contributed by atoms with Crippen LogP contribution in [0.1, 0.15) is 23.2 Å². The molecule has 2 aromatic carbocycles. The molecule has 0 heterocycles. The van der Waals surface area contributed by atoms with E-state index in [1.807, 2.05) is 0 Å². The maximum Gasteiger partial charge on any atom is 0.321 e. The molecule has 8 heteroatoms. The first kappa shape index (κ1) is 19.9. The van der Waals surface area contributed by atoms with Gasteiger partial charge in [0.25, 0.3) is 5.91 Å². The number of amides is 3. The van der Waals surface area contributed by atoms with Crippen LogP contribution in [-0.2, 0) is 0 Å². The highest BCUT2D eigenvalue weighted by Crippen LogP contribution is 2.24. The van der Waals surface area contributed by atoms with Gasteiger partial charge in [0.2, 0.25) is 0 Å². The van der Waals surface area contributed by atoms with Gasteiger partial charge in [-0.15, -0.1) is 0 Å². The molecular formula is C20H21ClFN3O3. The lowest BCUT2D eigenvalue weighted by atomic mass is 10.2. The Kier molecular flexibility index (Phi) is 6.36. The van der Waals surface area contributed by atoms with Crippen molar-refractivity contribution in [2.75, 3.05) is 25.5 Å². The van der Waals surface area contributed by atoms with E-state index < -0.39 is 0 Å². The van der Waals surface area contributed by atoms with E-state index in [1.54, 1.807) is 25.2 Å². The molecule has 1 aliphatic rings. The summed E-state index contributed by atoms with van der Waals surface area (Å²) in [6, 6.07) is 10.3. The predicted octanol–water partition coefficient (Wildman–Crippen LogP) is 3.91. The van der Waals surface area contributed by atoms with E-state index in [1.165, 1.54) is 29.2 Å². The smallest absolute Gasteiger partial charge is 0.321 e. The normalized spacial score (nSPS) is 13.0. The van der Waals surface area contributed by atoms with Gasteiger partial charge in [0.1, 0.15) is 18.2 Å². The fourth-order valence-electron chi connectivity index (χ4n) is 2.42. The van der Waals surface area contributed by atoms with Crippen molar-refractivity contribution in [2.45, 2.75) is 18.9 Å². The zero-order valence-corrected chi connectivity index (χ0v) is 16.1. The van der Waals surface area contributed by atoms with Gasteiger partial charge in [-0.05, 0) is 55.3 Å². The highest BCUT2D eigenvalue weighted by atomic mass is 35.5. The predicted molar refractivity (Wildman–Crippen MR) is 105 cm³/mol. The van der Waals surface area contributed by atoms with Gasteiger partial charge >= 0.3 is 6.03 Å². The van der Waals surface area contributed by atoms with Crippen molar-refractivity contribution in [1.29, 1.82) is 0 Å². The highest BCUT2D eigenvalue weighted by Gasteiger charge is 2.25. The van der Waals surface area contributed by atoms with Crippen LogP contribution in [0.5, 0.6) is 5.75 Å². The number of carbonyl (C=O) groups is 2. The summed E-state index contributed by atoms with van der Waals surface area (Å²) in [6.45, 7) is 0.580. The van der Waals surface area contributed by atoms with Gasteiger partial charge in [0.15, 0.2) is 0 Å². The standard InChI is InChI=1S/C20H21ClFN3O3/c1-25(10-11-28-16-7-2-13(22)3-8-16)20(27)24-15-6-9-18(21)17(12-15)19(26)23-14-4-5-14/h2-3,6-9,12,14H,4-5,10-11H2,1H3,(H,23,26)(H,24,27). The number of hydrogen-bond acceptors (Lipinski definition) is 3. The summed E-state index contributed by atoms with van der Waals surface area (Å²) < 4.78 is 18.4. The molecule has 1 fully saturated rings. The molecule has 3 rings (SSSR count). The molecule has 0 spiro atoms. The molecule has 0 bridgehead atoms. The quantitative estimate of drug-likeness (QED) is 0.733. The first-order valence-electron chi connectivity index (χ1n) is 8.93. The van der Waals surface area contributed by atoms with Crippen molar-refractivity contribution in [3.63, 3.8) is 0 Å². The Bertz CT molecular complexity index is 856. The number of hydrogen-bond donors (Lipinski definition) is 2. The molecule has 0 unspecified atom stereocenters. The molecule has 6 nitrogen and oxygen atoms in total. The van der Waals surface area contributed by atoms with Crippen molar-refractivity contribution in [1.82, 2.24) is 10.2 Å². The van der Waals surface area contributed by atoms with Crippen LogP contribution in [0.3, 0.4) is 0 Å². The number of likely N-dealkylation sites (N-methyl/N-ethyl adjacent to an activating group) is 1. The lowest BCUT2D eigenvalue weighted by Crippen LogP contribution is -2.34. The van der Waals surface area contributed by atoms with Gasteiger partial charge in [-0.2, -0.15) is 0 Å². The third-order valence-electron chi connectivity index (χ3n) is 4.23. The monoisotopic (exact) mass is 405 g/mol. The Labute approximate surface area is 167 Å². The van der Waals surface area contributed by atoms with E-state index >= 15 is 0 Å². The number of anilines is 1. The van der Waals surface area contributed by atoms with E-state index in [2.05, 4.69) is 10.6 Å². The maximum absolute atomic E-state index is 12.9. The summed E-state index contributed by atoms with van der Waals surface area (Å²) in [5.74, 6) is -0.0547. The van der Waals surface area contributed by atoms with Crippen molar-refractivity contribution in [3.05, 3.63) is 58.9 Å². The maximum atomic E-state index is 12.9. The minimum atomic E-state index is -0.349. The van der Waals surface area contributed by atoms with Crippen LogP contribution in [0.15, 0.2) is 42.5 Å². The van der Waals surface area contributed by atoms with Gasteiger partial charge in [-0.1, -0.05) is 11.6 Å². The molecular weight excluding hydrogens is 385 g/mol. The third kappa shape index (κ3) is 5.60. The zero-order chi connectivity index (χ0) is 20.1. The number of halogens is 2. The van der Waals surface area contributed by atoms with Crippen LogP contribution >= 0.6 is 11.6 Å². The molecule has 0 aromatic heterocycles. The average Bonchev–Trinajstić information content (AvgIpc) is 3.48. The van der Waals surface area contributed by atoms with Crippen LogP contribution in [0.2, 0.25) is 5.02 Å². The zero-order valence-electron chi connectivity index (χ0n) is 15.4. The summed E-state index contributed by atoms with van der Waals surface area (Å²) in [6.07, 6.45) is 1.95. The summed E-state index contributed by atoms with van der Waals surface area (Å²) in [5.41, 5.74) is 0.801. The third-order valence-corrected chi connectivity index (χ3v) is 4.56. The fourth-order valence-corrected chi connectivity index (χ4v) is 2.62. The molecule has 0 radical (unpaired) electrons. The van der Waals surface area contributed by atoms with E-state index in [-0.39, 0.29) is 30.4 Å². The SMILES string of the molecule is CN(CCOc1ccc(F)cc1)C(=O)Nc1ccc(Cl)c(C(=O)NC2CC2)c1. The van der Waals surface area contributed by atoms with Gasteiger partial charge in [-0.3, -0.25) is 4.79 Å². The molecule has 2 N–H and O–H groups in total. The van der Waals surface area contributed by atoms with E-state index in [4.69, 9.17) is 16.3 Å². The summed E-state index contributed by atoms with van der Waals surface area (Å²) in [7, 11) is 1.62. The molecule has 28 heavy (non-hydrogen) atoms. The highest BCUT2D eigenvalue weighted by molar-refractivity contribution is 6.34. The molecule has 1 saturated carbocycles. The van der Waals surface area contributed by atoms with E-state index in [0.29, 0.717) is 28.6 Å². The molecule has 148 valence electrons. The minimum absolute atomic E-state index is 0.217. The lowest BCUT2D eigenvalue weighted by molar-refractivity contribution is 0.0951. The first-order chi connectivity index (χ1) is 13.4. The summed E-state index contributed by atoms with van der Waals surface area (Å²) in [4.78, 5) is 26.0. The minimum Gasteiger partial charge on any atom is -0.492 e. The van der Waals surface area contributed by atoms with Crippen LogP contribution in [0, 0.1) is 5.82 Å². The Morgan fingerprint density at radius 3 is 2.61 bits per heavy atom. The lowest BCUT2D eigenvalue weighted by Gasteiger charge is -2.18. The number of urea groups is 1. The molecule has 2 aromatic rings. The van der Waals surface area contributed by atoms with Gasteiger partial charge in [-0.25, -0.2) is 9.18 Å². The number of benzene rings is 2. The summed E-state index contributed by atoms with van der Waals surface area (Å²) >= 11 is 6.11. The second-order valence-corrected chi connectivity index (χ2v) is 7.00. The number of ether oxygens (including phenoxy) is 1. The first-order valence-corrected chi connectivity index (χ1v) is 9.31. The second-order valence-electron chi connectivity index (χ2n) is 6.60. The Balaban J connectivity index is 1.51. The summed E-state index contributed by atoms with van der Waals surface area (Å²) in [5, 5.41) is 5.94. The van der Waals surface area contributed by atoms with Crippen LogP contribution in [0.4, 0.5) is 14.9 Å². The number of nitrogens with one attached hydrogen (secondary N) is 2. The molecule has 0 saturated heterocycles. The van der Waals surface area contributed by atoms with Crippen molar-refractivity contribution >= 4 is 29.2 Å². The van der Waals surface area contributed by atoms with Gasteiger partial charge in [0, 0.05) is 18.8 Å². The van der Waals surface area contributed by atoms with Gasteiger partial charge < -0.3 is 20.3 Å². The van der Waals surface area contributed by atoms with E-state index in [0.717, 1.165) is 12.8 Å². The largest absolute Gasteiger partial charge is 0.492 e. The van der Waals surface area contributed by atoms with Crippen LogP contribution in [0.25, 0.3) is 0 Å². The van der Waals surface area contributed by atoms with Gasteiger partial charge in [0.05, 0.1) is 17.1 Å². The van der Waals surface area contributed by atoms with Crippen molar-refractivity contribution in [2.24, 2.45) is 0 Å². The van der Waals surface area contributed by atoms with E-state index in [9.17, 15) is 14.0 Å². The van der Waals surface area contributed by atoms with Crippen molar-refractivity contribution in [3.8, 4) is 5.75 Å². The Morgan fingerprint density at radius 1 is 1.21 bits per heavy atom. The van der Waals surface area contributed by atoms with Crippen LogP contribution in [-0.4, -0.2) is 43.1 Å². The molecule has 3 amide bonds. The Morgan fingerprint density at radius 2 is 1.93 bits per heavy atom.